The van der Waals surface area contributed by atoms with Crippen molar-refractivity contribution in [2.45, 2.75) is 49.3 Å². The van der Waals surface area contributed by atoms with Gasteiger partial charge in [-0.1, -0.05) is 24.3 Å². The predicted molar refractivity (Wildman–Crippen MR) is 99.0 cm³/mol. The summed E-state index contributed by atoms with van der Waals surface area (Å²) in [4.78, 5) is 0. The van der Waals surface area contributed by atoms with E-state index in [0.29, 0.717) is 11.1 Å². The summed E-state index contributed by atoms with van der Waals surface area (Å²) >= 11 is 0. The van der Waals surface area contributed by atoms with Gasteiger partial charge >= 0.3 is 0 Å². The summed E-state index contributed by atoms with van der Waals surface area (Å²) in [7, 11) is 0. The monoisotopic (exact) mass is 388 g/mol. The number of rotatable bonds is 2. The summed E-state index contributed by atoms with van der Waals surface area (Å²) in [6.07, 6.45) is -3.64. The predicted octanol–water partition coefficient (Wildman–Crippen LogP) is 1.52. The molecule has 1 heterocycles. The van der Waals surface area contributed by atoms with Crippen LogP contribution >= 0.6 is 0 Å². The van der Waals surface area contributed by atoms with Gasteiger partial charge in [-0.2, -0.15) is 0 Å². The standard InChI is InChI=1S/C21H24O7/c22-11-8-16(26)19-17(9-11)28-21(10-5-6-14(24)15(25)7-10)18(20(19)27)12-3-1-2-4-13(12)23/h1-7,11,16-27H,8-9H2/t11?,16?,17?,18-,19?,20?,21+/m0/s1. The Bertz CT molecular complexity index is 854. The topological polar surface area (TPSA) is 131 Å². The molecule has 2 aromatic rings. The fourth-order valence-electron chi connectivity index (χ4n) is 4.61. The zero-order valence-corrected chi connectivity index (χ0v) is 15.1. The van der Waals surface area contributed by atoms with Gasteiger partial charge in [0.05, 0.1) is 30.5 Å². The maximum absolute atomic E-state index is 11.2. The number of aromatic hydroxyl groups is 3. The number of phenols is 3. The number of aliphatic hydroxyl groups excluding tert-OH is 3. The van der Waals surface area contributed by atoms with Crippen LogP contribution < -0.4 is 0 Å². The fourth-order valence-corrected chi connectivity index (χ4v) is 4.61. The molecule has 2 aromatic carbocycles. The Morgan fingerprint density at radius 2 is 1.57 bits per heavy atom. The molecule has 0 amide bonds. The summed E-state index contributed by atoms with van der Waals surface area (Å²) in [6, 6.07) is 10.9. The maximum Gasteiger partial charge on any atom is 0.157 e. The van der Waals surface area contributed by atoms with Crippen LogP contribution in [0.2, 0.25) is 0 Å². The maximum atomic E-state index is 11.2. The first-order valence-corrected chi connectivity index (χ1v) is 9.36. The second-order valence-electron chi connectivity index (χ2n) is 7.69. The molecule has 2 fully saturated rings. The number of para-hydroxylation sites is 1. The lowest BCUT2D eigenvalue weighted by Gasteiger charge is -2.50. The molecular formula is C21H24O7. The van der Waals surface area contributed by atoms with Crippen LogP contribution in [-0.4, -0.2) is 55.1 Å². The number of fused-ring (bicyclic) bond motifs is 1. The first-order valence-electron chi connectivity index (χ1n) is 9.36. The number of hydrogen-bond donors (Lipinski definition) is 6. The molecule has 7 nitrogen and oxygen atoms in total. The van der Waals surface area contributed by atoms with E-state index in [2.05, 4.69) is 0 Å². The lowest BCUT2D eigenvalue weighted by Crippen LogP contribution is -2.55. The van der Waals surface area contributed by atoms with Gasteiger partial charge < -0.3 is 35.4 Å². The number of benzene rings is 2. The van der Waals surface area contributed by atoms with Crippen LogP contribution in [0, 0.1) is 5.92 Å². The van der Waals surface area contributed by atoms with Crippen molar-refractivity contribution in [1.82, 2.24) is 0 Å². The minimum atomic E-state index is -1.05. The van der Waals surface area contributed by atoms with Crippen molar-refractivity contribution >= 4 is 0 Å². The average Bonchev–Trinajstić information content (AvgIpc) is 2.64. The van der Waals surface area contributed by atoms with Crippen LogP contribution in [0.4, 0.5) is 0 Å². The van der Waals surface area contributed by atoms with Crippen molar-refractivity contribution in [2.24, 2.45) is 5.92 Å². The third kappa shape index (κ3) is 3.20. The zero-order valence-electron chi connectivity index (χ0n) is 15.1. The second-order valence-corrected chi connectivity index (χ2v) is 7.69. The Morgan fingerprint density at radius 1 is 0.821 bits per heavy atom. The van der Waals surface area contributed by atoms with Crippen molar-refractivity contribution < 1.29 is 35.4 Å². The molecule has 1 aliphatic carbocycles. The summed E-state index contributed by atoms with van der Waals surface area (Å²) in [6.45, 7) is 0. The van der Waals surface area contributed by atoms with E-state index in [1.165, 1.54) is 18.2 Å². The Morgan fingerprint density at radius 3 is 2.29 bits per heavy atom. The second kappa shape index (κ2) is 7.25. The van der Waals surface area contributed by atoms with E-state index in [9.17, 15) is 30.6 Å². The molecule has 7 atom stereocenters. The van der Waals surface area contributed by atoms with E-state index in [-0.39, 0.29) is 30.1 Å². The highest BCUT2D eigenvalue weighted by molar-refractivity contribution is 5.44. The van der Waals surface area contributed by atoms with Crippen LogP contribution in [0.1, 0.15) is 36.0 Å². The molecule has 150 valence electrons. The smallest absolute Gasteiger partial charge is 0.157 e. The molecule has 1 saturated carbocycles. The molecule has 1 aliphatic heterocycles. The molecule has 1 saturated heterocycles. The molecule has 6 N–H and O–H groups in total. The van der Waals surface area contributed by atoms with E-state index in [4.69, 9.17) is 4.74 Å². The summed E-state index contributed by atoms with van der Waals surface area (Å²) in [5.41, 5.74) is 0.972. The van der Waals surface area contributed by atoms with Gasteiger partial charge in [0.15, 0.2) is 11.5 Å². The van der Waals surface area contributed by atoms with Crippen molar-refractivity contribution in [1.29, 1.82) is 0 Å². The largest absolute Gasteiger partial charge is 0.508 e. The van der Waals surface area contributed by atoms with Crippen molar-refractivity contribution in [2.75, 3.05) is 0 Å². The molecule has 5 unspecified atom stereocenters. The van der Waals surface area contributed by atoms with E-state index in [1.54, 1.807) is 24.3 Å². The molecular weight excluding hydrogens is 364 g/mol. The Hall–Kier alpha value is -2.32. The van der Waals surface area contributed by atoms with Crippen LogP contribution in [0.15, 0.2) is 42.5 Å². The highest BCUT2D eigenvalue weighted by Gasteiger charge is 2.52. The fraction of sp³-hybridized carbons (Fsp3) is 0.429. The quantitative estimate of drug-likeness (QED) is 0.430. The Balaban J connectivity index is 1.80. The summed E-state index contributed by atoms with van der Waals surface area (Å²) < 4.78 is 6.22. The third-order valence-corrected chi connectivity index (χ3v) is 5.93. The Kier molecular flexibility index (Phi) is 4.93. The first-order chi connectivity index (χ1) is 13.4. The number of hydrogen-bond acceptors (Lipinski definition) is 7. The lowest BCUT2D eigenvalue weighted by molar-refractivity contribution is -0.208. The van der Waals surface area contributed by atoms with Crippen molar-refractivity contribution in [3.63, 3.8) is 0 Å². The lowest BCUT2D eigenvalue weighted by atomic mass is 9.69. The Labute approximate surface area is 162 Å². The molecule has 0 aromatic heterocycles. The molecule has 4 rings (SSSR count). The molecule has 2 aliphatic rings. The van der Waals surface area contributed by atoms with Crippen molar-refractivity contribution in [3.05, 3.63) is 53.6 Å². The van der Waals surface area contributed by atoms with Gasteiger partial charge in [-0.05, 0) is 30.2 Å². The van der Waals surface area contributed by atoms with Gasteiger partial charge in [0.1, 0.15) is 5.75 Å². The molecule has 7 heteroatoms. The minimum absolute atomic E-state index is 0.00747. The third-order valence-electron chi connectivity index (χ3n) is 5.93. The minimum Gasteiger partial charge on any atom is -0.508 e. The van der Waals surface area contributed by atoms with Crippen LogP contribution in [0.25, 0.3) is 0 Å². The summed E-state index contributed by atoms with van der Waals surface area (Å²) in [5, 5.41) is 61.7. The van der Waals surface area contributed by atoms with Crippen LogP contribution in [-0.2, 0) is 4.74 Å². The average molecular weight is 388 g/mol. The molecule has 0 bridgehead atoms. The van der Waals surface area contributed by atoms with E-state index in [0.717, 1.165) is 0 Å². The van der Waals surface area contributed by atoms with Gasteiger partial charge in [0.2, 0.25) is 0 Å². The highest BCUT2D eigenvalue weighted by atomic mass is 16.5. The molecule has 28 heavy (non-hydrogen) atoms. The van der Waals surface area contributed by atoms with Crippen molar-refractivity contribution in [3.8, 4) is 17.2 Å². The number of aliphatic hydroxyl groups is 3. The van der Waals surface area contributed by atoms with Gasteiger partial charge in [-0.15, -0.1) is 0 Å². The highest BCUT2D eigenvalue weighted by Crippen LogP contribution is 2.51. The van der Waals surface area contributed by atoms with Crippen LogP contribution in [0.3, 0.4) is 0 Å². The van der Waals surface area contributed by atoms with Gasteiger partial charge in [-0.3, -0.25) is 0 Å². The SMILES string of the molecule is Oc1ccc([C@H]2OC3CC(O)CC(O)C3C(O)[C@@H]2c2ccccc2O)cc1O. The molecule has 0 spiro atoms. The van der Waals surface area contributed by atoms with Crippen LogP contribution in [0.5, 0.6) is 17.2 Å². The van der Waals surface area contributed by atoms with E-state index < -0.39 is 42.4 Å². The zero-order chi connectivity index (χ0) is 20.0. The van der Waals surface area contributed by atoms with Gasteiger partial charge in [-0.25, -0.2) is 0 Å². The first kappa shape index (κ1) is 19.0. The number of phenolic OH excluding ortho intramolecular Hbond substituents is 3. The summed E-state index contributed by atoms with van der Waals surface area (Å²) in [5.74, 6) is -1.93. The van der Waals surface area contributed by atoms with E-state index in [1.807, 2.05) is 0 Å². The van der Waals surface area contributed by atoms with Gasteiger partial charge in [0.25, 0.3) is 0 Å². The van der Waals surface area contributed by atoms with E-state index >= 15 is 0 Å². The normalized spacial score (nSPS) is 35.3. The van der Waals surface area contributed by atoms with Gasteiger partial charge in [0, 0.05) is 23.8 Å². The molecule has 0 radical (unpaired) electrons. The number of ether oxygens (including phenoxy) is 1.